The Morgan fingerprint density at radius 2 is 1.61 bits per heavy atom. The van der Waals surface area contributed by atoms with Gasteiger partial charge in [-0.2, -0.15) is 13.2 Å². The van der Waals surface area contributed by atoms with E-state index in [1.54, 1.807) is 0 Å². The Morgan fingerprint density at radius 3 is 2.32 bits per heavy atom. The summed E-state index contributed by atoms with van der Waals surface area (Å²) in [5.41, 5.74) is 2.29. The molecule has 1 fully saturated rings. The summed E-state index contributed by atoms with van der Waals surface area (Å²) in [6, 6.07) is 17.9. The summed E-state index contributed by atoms with van der Waals surface area (Å²) in [7, 11) is 0. The molecule has 1 nitrogen and oxygen atoms in total. The van der Waals surface area contributed by atoms with E-state index >= 15 is 4.39 Å². The summed E-state index contributed by atoms with van der Waals surface area (Å²) in [4.78, 5) is 1.90. The van der Waals surface area contributed by atoms with Gasteiger partial charge in [-0.25, -0.2) is 8.78 Å². The lowest BCUT2D eigenvalue weighted by Gasteiger charge is -2.44. The van der Waals surface area contributed by atoms with Crippen LogP contribution >= 0.6 is 0 Å². The zero-order valence-electron chi connectivity index (χ0n) is 20.9. The van der Waals surface area contributed by atoms with Gasteiger partial charge in [-0.1, -0.05) is 54.6 Å². The predicted octanol–water partition coefficient (Wildman–Crippen LogP) is 8.07. The summed E-state index contributed by atoms with van der Waals surface area (Å²) in [6.45, 7) is 0.659. The number of nitrogens with zero attached hydrogens (tertiary/aromatic N) is 1. The SMILES string of the molecule is FCCCN1CC(F)(Cc2ccc(C3=C(c4ccc(F)cc4C(F)(F)F)CCCc4ccccc43)cc2)C1. The van der Waals surface area contributed by atoms with E-state index in [4.69, 9.17) is 0 Å². The lowest BCUT2D eigenvalue weighted by atomic mass is 9.84. The maximum Gasteiger partial charge on any atom is 0.417 e. The number of halogens is 6. The molecule has 0 N–H and O–H groups in total. The van der Waals surface area contributed by atoms with Gasteiger partial charge >= 0.3 is 6.18 Å². The molecule has 0 amide bonds. The molecule has 0 aromatic heterocycles. The first-order valence-electron chi connectivity index (χ1n) is 12.9. The largest absolute Gasteiger partial charge is 0.417 e. The maximum atomic E-state index is 15.2. The highest BCUT2D eigenvalue weighted by Crippen LogP contribution is 2.44. The number of likely N-dealkylation sites (tertiary alicyclic amines) is 1. The van der Waals surface area contributed by atoms with Crippen LogP contribution in [0.25, 0.3) is 11.1 Å². The van der Waals surface area contributed by atoms with E-state index < -0.39 is 29.9 Å². The normalized spacial score (nSPS) is 17.6. The predicted molar refractivity (Wildman–Crippen MR) is 138 cm³/mol. The van der Waals surface area contributed by atoms with Gasteiger partial charge in [0, 0.05) is 26.1 Å². The number of aryl methyl sites for hydroxylation is 1. The van der Waals surface area contributed by atoms with E-state index in [1.165, 1.54) is 6.07 Å². The molecule has 1 saturated heterocycles. The van der Waals surface area contributed by atoms with Gasteiger partial charge in [0.1, 0.15) is 11.5 Å². The van der Waals surface area contributed by atoms with Crippen LogP contribution in [0.2, 0.25) is 0 Å². The van der Waals surface area contributed by atoms with Crippen LogP contribution in [0.15, 0.2) is 66.7 Å². The highest BCUT2D eigenvalue weighted by Gasteiger charge is 2.43. The van der Waals surface area contributed by atoms with Crippen LogP contribution in [-0.2, 0) is 19.0 Å². The van der Waals surface area contributed by atoms with Crippen LogP contribution in [-0.4, -0.2) is 36.9 Å². The molecule has 1 aliphatic heterocycles. The fraction of sp³-hybridized carbons (Fsp3) is 0.355. The van der Waals surface area contributed by atoms with Crippen molar-refractivity contribution in [1.82, 2.24) is 4.90 Å². The van der Waals surface area contributed by atoms with Gasteiger partial charge < -0.3 is 0 Å². The van der Waals surface area contributed by atoms with Crippen molar-refractivity contribution >= 4 is 11.1 Å². The zero-order chi connectivity index (χ0) is 26.9. The highest BCUT2D eigenvalue weighted by molar-refractivity contribution is 6.00. The third-order valence-electron chi connectivity index (χ3n) is 7.46. The fourth-order valence-electron chi connectivity index (χ4n) is 5.80. The van der Waals surface area contributed by atoms with Crippen LogP contribution in [0, 0.1) is 5.82 Å². The minimum absolute atomic E-state index is 0.0137. The standard InChI is InChI=1S/C31H29F6N/c32-15-4-16-38-19-30(34,20-38)18-21-9-11-23(12-10-21)29-25-7-2-1-5-22(25)6-3-8-27(29)26-14-13-24(33)17-28(26)31(35,36)37/h1-2,5,7,9-14,17H,3-4,6,8,15-16,18-20H2. The zero-order valence-corrected chi connectivity index (χ0v) is 20.9. The van der Waals surface area contributed by atoms with Crippen molar-refractivity contribution in [1.29, 1.82) is 0 Å². The Morgan fingerprint density at radius 1 is 0.868 bits per heavy atom. The second-order valence-electron chi connectivity index (χ2n) is 10.3. The third kappa shape index (κ3) is 5.53. The molecule has 3 aromatic rings. The second-order valence-corrected chi connectivity index (χ2v) is 10.3. The van der Waals surface area contributed by atoms with E-state index in [0.717, 1.165) is 28.3 Å². The molecule has 0 atom stereocenters. The Hall–Kier alpha value is -3.06. The minimum atomic E-state index is -4.71. The average molecular weight is 530 g/mol. The highest BCUT2D eigenvalue weighted by atomic mass is 19.4. The molecule has 7 heteroatoms. The first-order chi connectivity index (χ1) is 18.2. The number of allylic oxidation sites excluding steroid dienone is 1. The van der Waals surface area contributed by atoms with Crippen LogP contribution < -0.4 is 0 Å². The molecule has 3 aromatic carbocycles. The molecular formula is C31H29F6N. The lowest BCUT2D eigenvalue weighted by Crippen LogP contribution is -2.60. The number of alkyl halides is 5. The van der Waals surface area contributed by atoms with Gasteiger partial charge in [-0.05, 0) is 76.8 Å². The third-order valence-corrected chi connectivity index (χ3v) is 7.46. The lowest BCUT2D eigenvalue weighted by molar-refractivity contribution is -0.138. The molecule has 200 valence electrons. The van der Waals surface area contributed by atoms with Crippen molar-refractivity contribution < 1.29 is 26.3 Å². The van der Waals surface area contributed by atoms with Crippen molar-refractivity contribution in [2.45, 2.75) is 43.9 Å². The van der Waals surface area contributed by atoms with Crippen molar-refractivity contribution in [3.63, 3.8) is 0 Å². The smallest absolute Gasteiger partial charge is 0.297 e. The summed E-state index contributed by atoms with van der Waals surface area (Å²) in [6.07, 6.45) is -2.31. The van der Waals surface area contributed by atoms with Gasteiger partial charge in [0.2, 0.25) is 0 Å². The fourth-order valence-corrected chi connectivity index (χ4v) is 5.80. The van der Waals surface area contributed by atoms with Gasteiger partial charge in [-0.15, -0.1) is 0 Å². The summed E-state index contributed by atoms with van der Waals surface area (Å²) in [5, 5.41) is 0. The number of rotatable bonds is 7. The van der Waals surface area contributed by atoms with Crippen molar-refractivity contribution in [2.75, 3.05) is 26.3 Å². The maximum absolute atomic E-state index is 15.2. The first-order valence-corrected chi connectivity index (χ1v) is 12.9. The van der Waals surface area contributed by atoms with E-state index in [9.17, 15) is 22.0 Å². The van der Waals surface area contributed by atoms with Gasteiger partial charge in [0.05, 0.1) is 12.2 Å². The van der Waals surface area contributed by atoms with Crippen LogP contribution in [0.3, 0.4) is 0 Å². The number of hydrogen-bond donors (Lipinski definition) is 0. The van der Waals surface area contributed by atoms with Gasteiger partial charge in [-0.3, -0.25) is 9.29 Å². The molecule has 38 heavy (non-hydrogen) atoms. The molecule has 1 aliphatic carbocycles. The van der Waals surface area contributed by atoms with Crippen molar-refractivity contribution in [2.24, 2.45) is 0 Å². The molecule has 2 aliphatic rings. The average Bonchev–Trinajstić information content (AvgIpc) is 3.06. The molecule has 0 bridgehead atoms. The van der Waals surface area contributed by atoms with Gasteiger partial charge in [0.25, 0.3) is 0 Å². The first kappa shape index (κ1) is 26.5. The molecule has 5 rings (SSSR count). The van der Waals surface area contributed by atoms with Crippen LogP contribution in [0.4, 0.5) is 26.3 Å². The monoisotopic (exact) mass is 529 g/mol. The molecular weight excluding hydrogens is 500 g/mol. The molecule has 0 radical (unpaired) electrons. The van der Waals surface area contributed by atoms with Crippen molar-refractivity contribution in [3.05, 3.63) is 106 Å². The molecule has 0 unspecified atom stereocenters. The Kier molecular flexibility index (Phi) is 7.40. The summed E-state index contributed by atoms with van der Waals surface area (Å²) in [5.74, 6) is -0.930. The minimum Gasteiger partial charge on any atom is -0.297 e. The number of hydrogen-bond acceptors (Lipinski definition) is 1. The van der Waals surface area contributed by atoms with Crippen molar-refractivity contribution in [3.8, 4) is 0 Å². The Labute approximate surface area is 218 Å². The number of benzene rings is 3. The molecule has 1 heterocycles. The molecule has 0 saturated carbocycles. The summed E-state index contributed by atoms with van der Waals surface area (Å²) >= 11 is 0. The van der Waals surface area contributed by atoms with Gasteiger partial charge in [0.15, 0.2) is 0 Å². The Bertz CT molecular complexity index is 1320. The molecule has 0 spiro atoms. The van der Waals surface area contributed by atoms with E-state index in [2.05, 4.69) is 0 Å². The number of fused-ring (bicyclic) bond motifs is 1. The second kappa shape index (κ2) is 10.6. The van der Waals surface area contributed by atoms with E-state index in [0.29, 0.717) is 49.4 Å². The summed E-state index contributed by atoms with van der Waals surface area (Å²) < 4.78 is 83.5. The van der Waals surface area contributed by atoms with Crippen LogP contribution in [0.1, 0.15) is 52.6 Å². The quantitative estimate of drug-likeness (QED) is 0.280. The van der Waals surface area contributed by atoms with E-state index in [-0.39, 0.29) is 25.1 Å². The topological polar surface area (TPSA) is 3.24 Å². The Balaban J connectivity index is 1.54. The van der Waals surface area contributed by atoms with Crippen LogP contribution in [0.5, 0.6) is 0 Å². The van der Waals surface area contributed by atoms with E-state index in [1.807, 2.05) is 53.4 Å².